The van der Waals surface area contributed by atoms with Crippen LogP contribution in [0.1, 0.15) is 298 Å². The largest absolute Gasteiger partial charge is 0.466 e. The lowest BCUT2D eigenvalue weighted by molar-refractivity contribution is -0.223. The molecule has 4 aliphatic rings. The number of carbonyl (C=O) groups is 3. The summed E-state index contributed by atoms with van der Waals surface area (Å²) in [6.07, 6.45) is 20.4. The molecule has 86 heavy (non-hydrogen) atoms. The number of halogens is 6. The van der Waals surface area contributed by atoms with E-state index < -0.39 is 61.5 Å². The van der Waals surface area contributed by atoms with Gasteiger partial charge in [0.05, 0.1) is 19.8 Å². The van der Waals surface area contributed by atoms with Gasteiger partial charge in [-0.3, -0.25) is 14.4 Å². The second kappa shape index (κ2) is 44.3. The zero-order chi connectivity index (χ0) is 63.0. The Labute approximate surface area is 518 Å². The minimum absolute atomic E-state index is 0.106. The van der Waals surface area contributed by atoms with Gasteiger partial charge >= 0.3 is 30.3 Å². The van der Waals surface area contributed by atoms with E-state index in [0.29, 0.717) is 76.7 Å². The summed E-state index contributed by atoms with van der Waals surface area (Å²) >= 11 is 0. The number of esters is 3. The number of ether oxygens (including phenoxy) is 7. The predicted octanol–water partition coefficient (Wildman–Crippen LogP) is 19.3. The van der Waals surface area contributed by atoms with E-state index in [9.17, 15) is 40.7 Å². The first-order valence-corrected chi connectivity index (χ1v) is 35.1. The molecule has 0 saturated heterocycles. The van der Waals surface area contributed by atoms with Crippen LogP contribution in [0.2, 0.25) is 0 Å². The molecule has 0 N–H and O–H groups in total. The highest BCUT2D eigenvalue weighted by Crippen LogP contribution is 2.73. The quantitative estimate of drug-likeness (QED) is 0.0190. The fourth-order valence-electron chi connectivity index (χ4n) is 14.9. The molecular formula is C69H123F6NO10. The molecule has 0 amide bonds. The van der Waals surface area contributed by atoms with Gasteiger partial charge in [-0.15, -0.1) is 0 Å². The number of hydrogen-bond donors (Lipinski definition) is 0. The van der Waals surface area contributed by atoms with Crippen LogP contribution >= 0.6 is 0 Å². The maximum absolute atomic E-state index is 14.8. The predicted molar refractivity (Wildman–Crippen MR) is 329 cm³/mol. The highest BCUT2D eigenvalue weighted by molar-refractivity contribution is 5.73. The van der Waals surface area contributed by atoms with E-state index in [2.05, 4.69) is 46.4 Å². The molecule has 4 saturated carbocycles. The van der Waals surface area contributed by atoms with Crippen molar-refractivity contribution in [2.24, 2.45) is 34.0 Å². The Morgan fingerprint density at radius 3 is 1.01 bits per heavy atom. The molecule has 0 spiro atoms. The highest BCUT2D eigenvalue weighted by atomic mass is 19.4. The summed E-state index contributed by atoms with van der Waals surface area (Å²) in [5.41, 5.74) is -0.507. The van der Waals surface area contributed by atoms with Gasteiger partial charge in [0, 0.05) is 45.7 Å². The summed E-state index contributed by atoms with van der Waals surface area (Å²) in [6.45, 7) is 16.4. The Hall–Kier alpha value is -2.21. The SMILES string of the molecule is CCCCCCCCOC(CC(C(=O)OCCCC12CC3CC(CCCOC(=O)CCCN(CC)CC)(C1)CC(CCCOC(=O)C(CC(OCCCCCCCC)OCCCCCCCC)C(F)(F)F)(C3)C2)C(F)(F)F)OCCCCCCCC. The normalized spacial score (nSPS) is 21.0. The maximum atomic E-state index is 14.8. The molecule has 0 aromatic carbocycles. The van der Waals surface area contributed by atoms with Gasteiger partial charge in [0.25, 0.3) is 0 Å². The van der Waals surface area contributed by atoms with Gasteiger partial charge in [0.1, 0.15) is 0 Å². The van der Waals surface area contributed by atoms with Crippen LogP contribution in [0.15, 0.2) is 0 Å². The Bertz CT molecular complexity index is 1620. The van der Waals surface area contributed by atoms with Crippen LogP contribution in [-0.2, 0) is 47.5 Å². The first-order chi connectivity index (χ1) is 41.3. The number of carbonyl (C=O) groups excluding carboxylic acids is 3. The van der Waals surface area contributed by atoms with Crippen molar-refractivity contribution in [1.82, 2.24) is 4.90 Å². The van der Waals surface area contributed by atoms with Crippen LogP contribution in [0.25, 0.3) is 0 Å². The third-order valence-corrected chi connectivity index (χ3v) is 18.9. The first kappa shape index (κ1) is 78.0. The summed E-state index contributed by atoms with van der Waals surface area (Å²) in [6, 6.07) is 0. The number of hydrogen-bond acceptors (Lipinski definition) is 11. The van der Waals surface area contributed by atoms with Crippen LogP contribution in [0.4, 0.5) is 26.3 Å². The second-order valence-electron chi connectivity index (χ2n) is 26.6. The van der Waals surface area contributed by atoms with Gasteiger partial charge in [-0.2, -0.15) is 26.3 Å². The molecule has 506 valence electrons. The molecule has 4 bridgehead atoms. The summed E-state index contributed by atoms with van der Waals surface area (Å²) in [7, 11) is 0. The van der Waals surface area contributed by atoms with Crippen molar-refractivity contribution >= 4 is 17.9 Å². The van der Waals surface area contributed by atoms with Gasteiger partial charge in [0.2, 0.25) is 0 Å². The minimum Gasteiger partial charge on any atom is -0.466 e. The zero-order valence-corrected chi connectivity index (χ0v) is 55.0. The van der Waals surface area contributed by atoms with Crippen LogP contribution in [0.3, 0.4) is 0 Å². The average Bonchev–Trinajstić information content (AvgIpc) is 0.721. The molecule has 0 aliphatic heterocycles. The van der Waals surface area contributed by atoms with E-state index in [1.165, 1.54) is 0 Å². The van der Waals surface area contributed by atoms with Crippen molar-refractivity contribution in [2.75, 3.05) is 65.9 Å². The molecule has 4 atom stereocenters. The number of nitrogens with zero attached hydrogens (tertiary/aromatic N) is 1. The molecule has 4 unspecified atom stereocenters. The third-order valence-electron chi connectivity index (χ3n) is 18.9. The van der Waals surface area contributed by atoms with E-state index >= 15 is 0 Å². The van der Waals surface area contributed by atoms with Gasteiger partial charge in [-0.1, -0.05) is 170 Å². The molecule has 0 aromatic heterocycles. The molecule has 0 aromatic rings. The van der Waals surface area contributed by atoms with E-state index in [4.69, 9.17) is 33.2 Å². The standard InChI is InChI=1S/C69H123F6NO10/c1-7-13-17-21-25-29-42-81-61(82-43-30-26-22-18-14-8-2)49-58(68(70,71)72)63(78)85-47-35-39-66-52-57-51-65(54-66,38-34-46-80-60(77)37-33-41-76(11-5)12-6)55-67(53-57,56-66)40-36-48-86-64(79)59(69(73,74)75)50-62(83-44-31-27-23-19-15-9-3)84-45-32-28-24-20-16-10-4/h57-59,61-62H,7-56H2,1-6H3. The lowest BCUT2D eigenvalue weighted by atomic mass is 9.37. The van der Waals surface area contributed by atoms with Crippen LogP contribution < -0.4 is 0 Å². The number of alkyl halides is 6. The van der Waals surface area contributed by atoms with Crippen LogP contribution in [0.5, 0.6) is 0 Å². The van der Waals surface area contributed by atoms with Crippen molar-refractivity contribution in [3.63, 3.8) is 0 Å². The first-order valence-electron chi connectivity index (χ1n) is 35.1. The molecular weight excluding hydrogens is 1120 g/mol. The van der Waals surface area contributed by atoms with Gasteiger partial charge in [0.15, 0.2) is 24.4 Å². The lowest BCUT2D eigenvalue weighted by Gasteiger charge is -2.67. The van der Waals surface area contributed by atoms with Crippen LogP contribution in [-0.4, -0.2) is 114 Å². The van der Waals surface area contributed by atoms with Crippen molar-refractivity contribution in [3.05, 3.63) is 0 Å². The number of rotatable bonds is 56. The third kappa shape index (κ3) is 32.2. The van der Waals surface area contributed by atoms with Crippen molar-refractivity contribution in [2.45, 2.75) is 323 Å². The lowest BCUT2D eigenvalue weighted by Crippen LogP contribution is -2.57. The van der Waals surface area contributed by atoms with Crippen molar-refractivity contribution < 1.29 is 73.9 Å². The summed E-state index contributed by atoms with van der Waals surface area (Å²) in [5.74, 6) is -7.33. The van der Waals surface area contributed by atoms with Crippen molar-refractivity contribution in [3.8, 4) is 0 Å². The maximum Gasteiger partial charge on any atom is 0.402 e. The van der Waals surface area contributed by atoms with E-state index in [0.717, 1.165) is 199 Å². The topological polar surface area (TPSA) is 119 Å². The Balaban J connectivity index is 1.72. The molecule has 11 nitrogen and oxygen atoms in total. The minimum atomic E-state index is -4.87. The Kier molecular flexibility index (Phi) is 40.2. The molecule has 4 aliphatic carbocycles. The second-order valence-corrected chi connectivity index (χ2v) is 26.6. The van der Waals surface area contributed by atoms with Crippen LogP contribution in [0, 0.1) is 34.0 Å². The summed E-state index contributed by atoms with van der Waals surface area (Å²) in [5, 5.41) is 0. The van der Waals surface area contributed by atoms with Crippen molar-refractivity contribution in [1.29, 1.82) is 0 Å². The van der Waals surface area contributed by atoms with Gasteiger partial charge in [-0.05, 0) is 151 Å². The van der Waals surface area contributed by atoms with E-state index in [1.807, 2.05) is 0 Å². The average molecular weight is 1240 g/mol. The Morgan fingerprint density at radius 1 is 0.407 bits per heavy atom. The highest BCUT2D eigenvalue weighted by Gasteiger charge is 2.62. The van der Waals surface area contributed by atoms with E-state index in [1.54, 1.807) is 0 Å². The fourth-order valence-corrected chi connectivity index (χ4v) is 14.9. The molecule has 4 rings (SSSR count). The molecule has 4 fully saturated rings. The van der Waals surface area contributed by atoms with Gasteiger partial charge in [-0.25, -0.2) is 0 Å². The Morgan fingerprint density at radius 2 is 0.709 bits per heavy atom. The summed E-state index contributed by atoms with van der Waals surface area (Å²) < 4.78 is 129. The monoisotopic (exact) mass is 1240 g/mol. The smallest absolute Gasteiger partial charge is 0.402 e. The van der Waals surface area contributed by atoms with Gasteiger partial charge < -0.3 is 38.1 Å². The van der Waals surface area contributed by atoms with E-state index in [-0.39, 0.29) is 61.9 Å². The molecule has 0 heterocycles. The summed E-state index contributed by atoms with van der Waals surface area (Å²) in [4.78, 5) is 42.2. The molecule has 17 heteroatoms. The molecule has 0 radical (unpaired) electrons. The fraction of sp³-hybridized carbons (Fsp3) is 0.957. The zero-order valence-electron chi connectivity index (χ0n) is 55.0. The number of unbranched alkanes of at least 4 members (excludes halogenated alkanes) is 20.